The second-order valence-corrected chi connectivity index (χ2v) is 7.38. The van der Waals surface area contributed by atoms with Gasteiger partial charge < -0.3 is 5.32 Å². The van der Waals surface area contributed by atoms with Crippen LogP contribution in [0.4, 0.5) is 0 Å². The highest BCUT2D eigenvalue weighted by Crippen LogP contribution is 2.38. The minimum Gasteiger partial charge on any atom is -0.310 e. The predicted molar refractivity (Wildman–Crippen MR) is 91.0 cm³/mol. The van der Waals surface area contributed by atoms with Crippen LogP contribution in [0.1, 0.15) is 63.1 Å². The fourth-order valence-corrected chi connectivity index (χ4v) is 3.94. The van der Waals surface area contributed by atoms with Gasteiger partial charge in [0.2, 0.25) is 0 Å². The molecule has 1 saturated carbocycles. The Kier molecular flexibility index (Phi) is 6.10. The van der Waals surface area contributed by atoms with Crippen LogP contribution in [0, 0.1) is 18.8 Å². The molecule has 2 heteroatoms. The van der Waals surface area contributed by atoms with Crippen molar-refractivity contribution in [2.45, 2.75) is 58.9 Å². The lowest BCUT2D eigenvalue weighted by atomic mass is 9.76. The number of rotatable bonds is 5. The second-order valence-electron chi connectivity index (χ2n) is 6.46. The first kappa shape index (κ1) is 16.0. The summed E-state index contributed by atoms with van der Waals surface area (Å²) in [5, 5.41) is 3.82. The summed E-state index contributed by atoms with van der Waals surface area (Å²) in [6.45, 7) is 8.02. The van der Waals surface area contributed by atoms with Crippen LogP contribution in [0.25, 0.3) is 0 Å². The highest BCUT2D eigenvalue weighted by molar-refractivity contribution is 9.10. The molecule has 1 N–H and O–H groups in total. The zero-order valence-corrected chi connectivity index (χ0v) is 14.7. The van der Waals surface area contributed by atoms with Gasteiger partial charge in [-0.2, -0.15) is 0 Å². The van der Waals surface area contributed by atoms with E-state index in [4.69, 9.17) is 0 Å². The SMILES string of the molecule is CCCNC(c1cc(Br)ccc1C)C1CCCC(C)C1. The molecule has 1 aromatic rings. The lowest BCUT2D eigenvalue weighted by Crippen LogP contribution is -2.32. The molecule has 3 atom stereocenters. The highest BCUT2D eigenvalue weighted by Gasteiger charge is 2.28. The number of hydrogen-bond donors (Lipinski definition) is 1. The second kappa shape index (κ2) is 7.61. The van der Waals surface area contributed by atoms with E-state index in [1.807, 2.05) is 0 Å². The van der Waals surface area contributed by atoms with Crippen molar-refractivity contribution < 1.29 is 0 Å². The summed E-state index contributed by atoms with van der Waals surface area (Å²) in [7, 11) is 0. The first-order valence-electron chi connectivity index (χ1n) is 8.11. The Labute approximate surface area is 132 Å². The van der Waals surface area contributed by atoms with E-state index in [0.717, 1.165) is 18.4 Å². The maximum absolute atomic E-state index is 3.82. The van der Waals surface area contributed by atoms with Crippen LogP contribution in [0.2, 0.25) is 0 Å². The molecule has 0 aliphatic heterocycles. The monoisotopic (exact) mass is 337 g/mol. The van der Waals surface area contributed by atoms with E-state index >= 15 is 0 Å². The third kappa shape index (κ3) is 4.08. The predicted octanol–water partition coefficient (Wildman–Crippen LogP) is 5.62. The average molecular weight is 338 g/mol. The summed E-state index contributed by atoms with van der Waals surface area (Å²) in [6.07, 6.45) is 6.74. The quantitative estimate of drug-likeness (QED) is 0.734. The number of nitrogens with one attached hydrogen (secondary N) is 1. The zero-order chi connectivity index (χ0) is 14.5. The van der Waals surface area contributed by atoms with Gasteiger partial charge in [-0.3, -0.25) is 0 Å². The number of benzene rings is 1. The maximum Gasteiger partial charge on any atom is 0.0351 e. The van der Waals surface area contributed by atoms with Gasteiger partial charge in [-0.05, 0) is 67.8 Å². The molecule has 1 fully saturated rings. The van der Waals surface area contributed by atoms with Crippen molar-refractivity contribution in [1.29, 1.82) is 0 Å². The summed E-state index contributed by atoms with van der Waals surface area (Å²) in [5.41, 5.74) is 2.91. The van der Waals surface area contributed by atoms with Gasteiger partial charge in [-0.15, -0.1) is 0 Å². The molecule has 2 rings (SSSR count). The van der Waals surface area contributed by atoms with Gasteiger partial charge in [-0.25, -0.2) is 0 Å². The van der Waals surface area contributed by atoms with Gasteiger partial charge in [0.1, 0.15) is 0 Å². The average Bonchev–Trinajstić information content (AvgIpc) is 2.43. The summed E-state index contributed by atoms with van der Waals surface area (Å²) in [4.78, 5) is 0. The normalized spacial score (nSPS) is 24.6. The molecule has 0 heterocycles. The van der Waals surface area contributed by atoms with Crippen LogP contribution in [0.15, 0.2) is 22.7 Å². The van der Waals surface area contributed by atoms with Crippen molar-refractivity contribution in [1.82, 2.24) is 5.32 Å². The third-order valence-electron chi connectivity index (χ3n) is 4.64. The van der Waals surface area contributed by atoms with Gasteiger partial charge in [0.05, 0.1) is 0 Å². The number of halogens is 1. The lowest BCUT2D eigenvalue weighted by Gasteiger charge is -2.35. The highest BCUT2D eigenvalue weighted by atomic mass is 79.9. The van der Waals surface area contributed by atoms with Crippen molar-refractivity contribution in [3.05, 3.63) is 33.8 Å². The Hall–Kier alpha value is -0.340. The van der Waals surface area contributed by atoms with E-state index in [1.165, 1.54) is 47.7 Å². The molecule has 0 radical (unpaired) electrons. The first-order valence-corrected chi connectivity index (χ1v) is 8.90. The van der Waals surface area contributed by atoms with Crippen LogP contribution in [-0.2, 0) is 0 Å². The van der Waals surface area contributed by atoms with E-state index in [1.54, 1.807) is 0 Å². The van der Waals surface area contributed by atoms with E-state index in [2.05, 4.69) is 60.2 Å². The Balaban J connectivity index is 2.23. The van der Waals surface area contributed by atoms with Crippen LogP contribution < -0.4 is 5.32 Å². The summed E-state index contributed by atoms with van der Waals surface area (Å²) >= 11 is 3.64. The molecule has 0 spiro atoms. The van der Waals surface area contributed by atoms with E-state index < -0.39 is 0 Å². The summed E-state index contributed by atoms with van der Waals surface area (Å²) in [5.74, 6) is 1.67. The van der Waals surface area contributed by atoms with E-state index in [-0.39, 0.29) is 0 Å². The van der Waals surface area contributed by atoms with Gasteiger partial charge in [0, 0.05) is 10.5 Å². The standard InChI is InChI=1S/C18H28BrN/c1-4-10-20-18(15-7-5-6-13(2)11-15)17-12-16(19)9-8-14(17)3/h8-9,12-13,15,18,20H,4-7,10-11H2,1-3H3. The number of aryl methyl sites for hydroxylation is 1. The molecule has 0 bridgehead atoms. The van der Waals surface area contributed by atoms with Crippen LogP contribution in [-0.4, -0.2) is 6.54 Å². The fourth-order valence-electron chi connectivity index (χ4n) is 3.56. The Morgan fingerprint density at radius 2 is 2.15 bits per heavy atom. The molecule has 1 nitrogen and oxygen atoms in total. The molecular weight excluding hydrogens is 310 g/mol. The molecule has 0 saturated heterocycles. The van der Waals surface area contributed by atoms with Gasteiger partial charge >= 0.3 is 0 Å². The fraction of sp³-hybridized carbons (Fsp3) is 0.667. The zero-order valence-electron chi connectivity index (χ0n) is 13.1. The lowest BCUT2D eigenvalue weighted by molar-refractivity contribution is 0.223. The van der Waals surface area contributed by atoms with Crippen LogP contribution in [0.5, 0.6) is 0 Å². The molecule has 3 unspecified atom stereocenters. The molecular formula is C18H28BrN. The van der Waals surface area contributed by atoms with Crippen molar-refractivity contribution in [3.63, 3.8) is 0 Å². The summed E-state index contributed by atoms with van der Waals surface area (Å²) < 4.78 is 1.20. The van der Waals surface area contributed by atoms with Gasteiger partial charge in [-0.1, -0.05) is 48.7 Å². The van der Waals surface area contributed by atoms with Crippen LogP contribution >= 0.6 is 15.9 Å². The largest absolute Gasteiger partial charge is 0.310 e. The molecule has 0 aromatic heterocycles. The van der Waals surface area contributed by atoms with Crippen molar-refractivity contribution in [2.75, 3.05) is 6.54 Å². The van der Waals surface area contributed by atoms with Crippen molar-refractivity contribution in [2.24, 2.45) is 11.8 Å². The number of hydrogen-bond acceptors (Lipinski definition) is 1. The summed E-state index contributed by atoms with van der Waals surface area (Å²) in [6, 6.07) is 7.24. The maximum atomic E-state index is 3.82. The van der Waals surface area contributed by atoms with Crippen LogP contribution in [0.3, 0.4) is 0 Å². The van der Waals surface area contributed by atoms with Crippen molar-refractivity contribution in [3.8, 4) is 0 Å². The molecule has 20 heavy (non-hydrogen) atoms. The molecule has 1 aliphatic rings. The van der Waals surface area contributed by atoms with Gasteiger partial charge in [0.15, 0.2) is 0 Å². The Morgan fingerprint density at radius 3 is 2.85 bits per heavy atom. The van der Waals surface area contributed by atoms with E-state index in [0.29, 0.717) is 6.04 Å². The van der Waals surface area contributed by atoms with Gasteiger partial charge in [0.25, 0.3) is 0 Å². The minimum absolute atomic E-state index is 0.523. The third-order valence-corrected chi connectivity index (χ3v) is 5.13. The Morgan fingerprint density at radius 1 is 1.35 bits per heavy atom. The van der Waals surface area contributed by atoms with E-state index in [9.17, 15) is 0 Å². The first-order chi connectivity index (χ1) is 9.61. The smallest absolute Gasteiger partial charge is 0.0351 e. The molecule has 0 amide bonds. The molecule has 1 aromatic carbocycles. The molecule has 1 aliphatic carbocycles. The Bertz CT molecular complexity index is 429. The molecule has 112 valence electrons. The minimum atomic E-state index is 0.523. The topological polar surface area (TPSA) is 12.0 Å². The van der Waals surface area contributed by atoms with Crippen molar-refractivity contribution >= 4 is 15.9 Å².